The molecule has 8 rings (SSSR count). The minimum Gasteiger partial charge on any atom is -0.507 e. The molecule has 0 amide bonds. The zero-order chi connectivity index (χ0) is 34.7. The van der Waals surface area contributed by atoms with E-state index >= 15 is 0 Å². The van der Waals surface area contributed by atoms with Crippen molar-refractivity contribution in [2.24, 2.45) is 0 Å². The topological polar surface area (TPSA) is 149 Å². The molecular formula is C39H25NO8S2. The maximum absolute atomic E-state index is 13.6. The number of phenolic OH excluding ortho intramolecular Hbond substituents is 2. The second-order valence-electron chi connectivity index (χ2n) is 11.8. The summed E-state index contributed by atoms with van der Waals surface area (Å²) in [4.78, 5) is 39.4. The van der Waals surface area contributed by atoms with Gasteiger partial charge in [-0.15, -0.1) is 22.7 Å². The number of carboxylic acids is 2. The van der Waals surface area contributed by atoms with Crippen LogP contribution in [0.5, 0.6) is 11.5 Å². The van der Waals surface area contributed by atoms with Crippen LogP contribution in [0.15, 0.2) is 112 Å². The van der Waals surface area contributed by atoms with Gasteiger partial charge in [0.2, 0.25) is 0 Å². The van der Waals surface area contributed by atoms with Crippen LogP contribution in [0.4, 0.5) is 5.69 Å². The summed E-state index contributed by atoms with van der Waals surface area (Å²) in [6, 6.07) is 30.9. The first-order valence-corrected chi connectivity index (χ1v) is 17.0. The number of hydrogen-bond donors (Lipinski definition) is 4. The summed E-state index contributed by atoms with van der Waals surface area (Å²) in [5.74, 6) is -2.60. The number of carbonyl (C=O) groups is 2. The van der Waals surface area contributed by atoms with E-state index in [1.807, 2.05) is 66.7 Å². The van der Waals surface area contributed by atoms with Crippen molar-refractivity contribution in [1.29, 1.82) is 0 Å². The van der Waals surface area contributed by atoms with Gasteiger partial charge in [-0.3, -0.25) is 14.4 Å². The largest absolute Gasteiger partial charge is 0.507 e. The lowest BCUT2D eigenvalue weighted by Crippen LogP contribution is -2.34. The smallest absolute Gasteiger partial charge is 0.323 e. The summed E-state index contributed by atoms with van der Waals surface area (Å²) < 4.78 is 8.37. The van der Waals surface area contributed by atoms with E-state index in [1.165, 1.54) is 46.9 Å². The highest BCUT2D eigenvalue weighted by Crippen LogP contribution is 2.47. The second-order valence-corrected chi connectivity index (χ2v) is 14.0. The van der Waals surface area contributed by atoms with Gasteiger partial charge in [0, 0.05) is 58.9 Å². The number of fused-ring (bicyclic) bond motifs is 4. The standard InChI is InChI=1S/C39H25NO8S2/c41-28-16-31-25(14-23(28)35-12-20-5-1-3-7-33(20)49-35)39(22-9-10-27(30(43)11-22)40(18-37(44)45)19-38(46)47)26-15-24(29(42)17-32(26)48-31)36-13-21-6-2-4-8-34(21)50-36/h1-17,41,43H,18-19H2,(H,44,45)(H,46,47). The Morgan fingerprint density at radius 1 is 0.660 bits per heavy atom. The molecule has 9 nitrogen and oxygen atoms in total. The van der Waals surface area contributed by atoms with E-state index in [2.05, 4.69) is 0 Å². The van der Waals surface area contributed by atoms with Crippen LogP contribution in [-0.4, -0.2) is 45.5 Å². The van der Waals surface area contributed by atoms with Gasteiger partial charge in [-0.2, -0.15) is 0 Å². The van der Waals surface area contributed by atoms with Gasteiger partial charge in [0.25, 0.3) is 0 Å². The Morgan fingerprint density at radius 3 is 1.88 bits per heavy atom. The molecule has 1 aliphatic carbocycles. The second kappa shape index (κ2) is 12.1. The first-order valence-electron chi connectivity index (χ1n) is 15.4. The fourth-order valence-corrected chi connectivity index (χ4v) is 8.55. The fourth-order valence-electron chi connectivity index (χ4n) is 6.38. The van der Waals surface area contributed by atoms with E-state index in [4.69, 9.17) is 4.42 Å². The Kier molecular flexibility index (Phi) is 7.51. The van der Waals surface area contributed by atoms with Crippen LogP contribution in [0.3, 0.4) is 0 Å². The minimum atomic E-state index is -1.26. The van der Waals surface area contributed by atoms with Crippen molar-refractivity contribution < 1.29 is 34.4 Å². The SMILES string of the molecule is O=C(O)CN(CC(=O)O)c1ccc(-c2c3cc(-c4cc5ccccc5s4)c(=O)cc-3oc3cc(O)c(-c4cc5ccccc5s4)cc23)cc1O. The van der Waals surface area contributed by atoms with Crippen LogP contribution in [-0.2, 0) is 9.59 Å². The average molecular weight is 700 g/mol. The van der Waals surface area contributed by atoms with Crippen LogP contribution in [0, 0.1) is 0 Å². The van der Waals surface area contributed by atoms with Crippen molar-refractivity contribution in [2.45, 2.75) is 0 Å². The molecule has 246 valence electrons. The molecule has 11 heteroatoms. The number of rotatable bonds is 8. The van der Waals surface area contributed by atoms with Crippen molar-refractivity contribution in [1.82, 2.24) is 0 Å². The Labute approximate surface area is 291 Å². The van der Waals surface area contributed by atoms with Gasteiger partial charge in [0.1, 0.15) is 35.9 Å². The zero-order valence-corrected chi connectivity index (χ0v) is 27.5. The molecule has 0 spiro atoms. The lowest BCUT2D eigenvalue weighted by Gasteiger charge is -2.23. The zero-order valence-electron chi connectivity index (χ0n) is 25.9. The highest BCUT2D eigenvalue weighted by Gasteiger charge is 2.25. The van der Waals surface area contributed by atoms with Crippen molar-refractivity contribution in [3.8, 4) is 54.8 Å². The summed E-state index contributed by atoms with van der Waals surface area (Å²) in [6.07, 6.45) is 0. The Morgan fingerprint density at radius 2 is 1.28 bits per heavy atom. The van der Waals surface area contributed by atoms with Crippen LogP contribution in [0.25, 0.3) is 74.5 Å². The Hall–Kier alpha value is -6.17. The first kappa shape index (κ1) is 31.1. The predicted molar refractivity (Wildman–Crippen MR) is 197 cm³/mol. The molecule has 3 heterocycles. The molecule has 6 aromatic rings. The van der Waals surface area contributed by atoms with Crippen molar-refractivity contribution in [3.05, 3.63) is 113 Å². The number of benzene rings is 5. The van der Waals surface area contributed by atoms with Crippen molar-refractivity contribution >= 4 is 71.4 Å². The summed E-state index contributed by atoms with van der Waals surface area (Å²) in [5.41, 5.74) is 2.77. The first-order chi connectivity index (χ1) is 24.1. The summed E-state index contributed by atoms with van der Waals surface area (Å²) in [7, 11) is 0. The number of aromatic hydroxyl groups is 2. The molecule has 2 aromatic heterocycles. The molecule has 0 atom stereocenters. The van der Waals surface area contributed by atoms with E-state index in [0.717, 1.165) is 34.8 Å². The number of anilines is 1. The Balaban J connectivity index is 1.40. The molecular weight excluding hydrogens is 675 g/mol. The third-order valence-corrected chi connectivity index (χ3v) is 10.9. The van der Waals surface area contributed by atoms with Crippen LogP contribution in [0.1, 0.15) is 0 Å². The summed E-state index contributed by atoms with van der Waals surface area (Å²) in [5, 5.41) is 44.0. The number of aliphatic carboxylic acids is 2. The third-order valence-electron chi connectivity index (χ3n) is 8.58. The normalized spacial score (nSPS) is 11.5. The van der Waals surface area contributed by atoms with Crippen LogP contribution >= 0.6 is 22.7 Å². The van der Waals surface area contributed by atoms with E-state index in [9.17, 15) is 34.8 Å². The van der Waals surface area contributed by atoms with Gasteiger partial charge < -0.3 is 29.7 Å². The average Bonchev–Trinajstić information content (AvgIpc) is 3.70. The van der Waals surface area contributed by atoms with Gasteiger partial charge in [-0.05, 0) is 64.9 Å². The minimum absolute atomic E-state index is 0.0153. The molecule has 4 aromatic carbocycles. The molecule has 0 saturated carbocycles. The van der Waals surface area contributed by atoms with E-state index in [1.54, 1.807) is 12.1 Å². The van der Waals surface area contributed by atoms with Gasteiger partial charge in [-0.25, -0.2) is 0 Å². The van der Waals surface area contributed by atoms with E-state index in [-0.39, 0.29) is 28.4 Å². The Bertz CT molecular complexity index is 2610. The van der Waals surface area contributed by atoms with E-state index < -0.39 is 25.0 Å². The molecule has 1 aliphatic heterocycles. The van der Waals surface area contributed by atoms with Gasteiger partial charge in [0.15, 0.2) is 5.43 Å². The summed E-state index contributed by atoms with van der Waals surface area (Å²) >= 11 is 3.02. The predicted octanol–water partition coefficient (Wildman–Crippen LogP) is 8.71. The van der Waals surface area contributed by atoms with Gasteiger partial charge in [0.05, 0.1) is 5.69 Å². The lowest BCUT2D eigenvalue weighted by atomic mass is 9.91. The quantitative estimate of drug-likeness (QED) is 0.114. The van der Waals surface area contributed by atoms with Crippen LogP contribution < -0.4 is 10.3 Å². The van der Waals surface area contributed by atoms with Crippen LogP contribution in [0.2, 0.25) is 0 Å². The molecule has 2 aliphatic rings. The number of hydrogen-bond acceptors (Lipinski definition) is 9. The summed E-state index contributed by atoms with van der Waals surface area (Å²) in [6.45, 7) is -1.28. The lowest BCUT2D eigenvalue weighted by molar-refractivity contribution is -0.136. The highest BCUT2D eigenvalue weighted by atomic mass is 32.1. The molecule has 0 unspecified atom stereocenters. The van der Waals surface area contributed by atoms with Gasteiger partial charge >= 0.3 is 11.9 Å². The number of carboxylic acid groups (broad SMARTS) is 2. The molecule has 0 radical (unpaired) electrons. The molecule has 4 N–H and O–H groups in total. The molecule has 0 bridgehead atoms. The maximum Gasteiger partial charge on any atom is 0.323 e. The van der Waals surface area contributed by atoms with E-state index in [0.29, 0.717) is 38.8 Å². The molecule has 0 fully saturated rings. The van der Waals surface area contributed by atoms with Crippen molar-refractivity contribution in [2.75, 3.05) is 18.0 Å². The fraction of sp³-hybridized carbons (Fsp3) is 0.0513. The molecule has 0 saturated heterocycles. The molecule has 50 heavy (non-hydrogen) atoms. The highest BCUT2D eigenvalue weighted by molar-refractivity contribution is 7.22. The third kappa shape index (κ3) is 5.48. The van der Waals surface area contributed by atoms with Crippen molar-refractivity contribution in [3.63, 3.8) is 0 Å². The van der Waals surface area contributed by atoms with Gasteiger partial charge in [-0.1, -0.05) is 42.5 Å². The number of phenols is 2. The monoisotopic (exact) mass is 699 g/mol. The maximum atomic E-state index is 13.6. The number of thiophene rings is 2. The number of nitrogens with zero attached hydrogens (tertiary/aromatic N) is 1.